The summed E-state index contributed by atoms with van der Waals surface area (Å²) in [6.45, 7) is 8.53. The summed E-state index contributed by atoms with van der Waals surface area (Å²) in [4.78, 5) is 14.8. The number of piperidine rings is 1. The predicted octanol–water partition coefficient (Wildman–Crippen LogP) is 1.76. The summed E-state index contributed by atoms with van der Waals surface area (Å²) in [6, 6.07) is 0.653. The molecule has 2 heterocycles. The average Bonchev–Trinajstić information content (AvgIpc) is 2.64. The van der Waals surface area contributed by atoms with Crippen LogP contribution >= 0.6 is 0 Å². The van der Waals surface area contributed by atoms with Gasteiger partial charge in [0, 0.05) is 19.1 Å². The van der Waals surface area contributed by atoms with Gasteiger partial charge in [-0.3, -0.25) is 9.69 Å². The fraction of sp³-hybridized carbons (Fsp3) is 0.938. The molecule has 116 valence electrons. The first-order valence-corrected chi connectivity index (χ1v) is 8.42. The third kappa shape index (κ3) is 4.45. The standard InChI is InChI=1S/C16H31N3O/c1-13(2)11-17-12-14-7-4-6-10-19(14)15-8-3-5-9-18-16(15)20/h13-15,17H,3-12H2,1-2H3,(H,18,20). The van der Waals surface area contributed by atoms with Gasteiger partial charge in [0.1, 0.15) is 0 Å². The Balaban J connectivity index is 1.92. The Morgan fingerprint density at radius 3 is 2.85 bits per heavy atom. The van der Waals surface area contributed by atoms with Crippen LogP contribution in [0.2, 0.25) is 0 Å². The Hall–Kier alpha value is -0.610. The molecule has 0 radical (unpaired) electrons. The number of hydrogen-bond donors (Lipinski definition) is 2. The maximum absolute atomic E-state index is 12.3. The second-order valence-electron chi connectivity index (χ2n) is 6.74. The molecule has 2 unspecified atom stereocenters. The Labute approximate surface area is 123 Å². The smallest absolute Gasteiger partial charge is 0.237 e. The van der Waals surface area contributed by atoms with Crippen molar-refractivity contribution in [3.63, 3.8) is 0 Å². The summed E-state index contributed by atoms with van der Waals surface area (Å²) < 4.78 is 0. The van der Waals surface area contributed by atoms with Gasteiger partial charge in [-0.05, 0) is 51.1 Å². The molecule has 2 atom stereocenters. The maximum atomic E-state index is 12.3. The van der Waals surface area contributed by atoms with Crippen molar-refractivity contribution < 1.29 is 4.79 Å². The number of nitrogens with zero attached hydrogens (tertiary/aromatic N) is 1. The van der Waals surface area contributed by atoms with E-state index in [2.05, 4.69) is 29.4 Å². The lowest BCUT2D eigenvalue weighted by Gasteiger charge is -2.40. The second kappa shape index (κ2) is 7.99. The van der Waals surface area contributed by atoms with Gasteiger partial charge in [0.2, 0.25) is 5.91 Å². The molecule has 2 N–H and O–H groups in total. The molecule has 2 rings (SSSR count). The first kappa shape index (κ1) is 15.8. The number of rotatable bonds is 5. The van der Waals surface area contributed by atoms with E-state index >= 15 is 0 Å². The average molecular weight is 281 g/mol. The van der Waals surface area contributed by atoms with Gasteiger partial charge < -0.3 is 10.6 Å². The van der Waals surface area contributed by atoms with E-state index in [9.17, 15) is 4.79 Å². The van der Waals surface area contributed by atoms with Crippen molar-refractivity contribution >= 4 is 5.91 Å². The Kier molecular flexibility index (Phi) is 6.30. The third-order valence-corrected chi connectivity index (χ3v) is 4.51. The summed E-state index contributed by atoms with van der Waals surface area (Å²) >= 11 is 0. The minimum Gasteiger partial charge on any atom is -0.355 e. The number of amides is 1. The van der Waals surface area contributed by atoms with E-state index in [0.29, 0.717) is 12.0 Å². The highest BCUT2D eigenvalue weighted by molar-refractivity contribution is 5.82. The van der Waals surface area contributed by atoms with Crippen molar-refractivity contribution in [2.45, 2.75) is 64.5 Å². The molecule has 0 aliphatic carbocycles. The van der Waals surface area contributed by atoms with Gasteiger partial charge in [-0.15, -0.1) is 0 Å². The molecule has 0 aromatic heterocycles. The monoisotopic (exact) mass is 281 g/mol. The van der Waals surface area contributed by atoms with Crippen molar-refractivity contribution in [3.8, 4) is 0 Å². The Morgan fingerprint density at radius 1 is 1.25 bits per heavy atom. The Bertz CT molecular complexity index is 306. The van der Waals surface area contributed by atoms with E-state index in [1.165, 1.54) is 25.7 Å². The third-order valence-electron chi connectivity index (χ3n) is 4.51. The van der Waals surface area contributed by atoms with E-state index in [1.807, 2.05) is 0 Å². The van der Waals surface area contributed by atoms with Gasteiger partial charge in [-0.1, -0.05) is 20.3 Å². The van der Waals surface area contributed by atoms with Crippen LogP contribution < -0.4 is 10.6 Å². The minimum absolute atomic E-state index is 0.114. The van der Waals surface area contributed by atoms with Crippen LogP contribution in [0.5, 0.6) is 0 Å². The molecule has 2 fully saturated rings. The molecule has 0 aromatic carbocycles. The number of carbonyl (C=O) groups is 1. The van der Waals surface area contributed by atoms with Crippen LogP contribution in [0.4, 0.5) is 0 Å². The normalized spacial score (nSPS) is 29.2. The van der Waals surface area contributed by atoms with E-state index in [-0.39, 0.29) is 11.9 Å². The molecule has 2 aliphatic heterocycles. The van der Waals surface area contributed by atoms with Gasteiger partial charge >= 0.3 is 0 Å². The number of hydrogen-bond acceptors (Lipinski definition) is 3. The summed E-state index contributed by atoms with van der Waals surface area (Å²) in [5.74, 6) is 0.950. The van der Waals surface area contributed by atoms with E-state index < -0.39 is 0 Å². The van der Waals surface area contributed by atoms with Crippen molar-refractivity contribution in [1.82, 2.24) is 15.5 Å². The Morgan fingerprint density at radius 2 is 2.05 bits per heavy atom. The van der Waals surface area contributed by atoms with Gasteiger partial charge in [0.05, 0.1) is 6.04 Å². The largest absolute Gasteiger partial charge is 0.355 e. The van der Waals surface area contributed by atoms with Crippen LogP contribution in [0.25, 0.3) is 0 Å². The molecule has 4 nitrogen and oxygen atoms in total. The summed E-state index contributed by atoms with van der Waals surface area (Å²) in [7, 11) is 0. The zero-order valence-corrected chi connectivity index (χ0v) is 13.2. The van der Waals surface area contributed by atoms with Crippen molar-refractivity contribution in [1.29, 1.82) is 0 Å². The molecular formula is C16H31N3O. The summed E-state index contributed by atoms with van der Waals surface area (Å²) in [6.07, 6.45) is 7.11. The number of likely N-dealkylation sites (tertiary alicyclic amines) is 1. The lowest BCUT2D eigenvalue weighted by atomic mass is 9.97. The van der Waals surface area contributed by atoms with Crippen LogP contribution in [0, 0.1) is 5.92 Å². The molecule has 0 aromatic rings. The van der Waals surface area contributed by atoms with Crippen molar-refractivity contribution in [3.05, 3.63) is 0 Å². The molecule has 0 spiro atoms. The quantitative estimate of drug-likeness (QED) is 0.807. The van der Waals surface area contributed by atoms with E-state index in [0.717, 1.165) is 39.0 Å². The van der Waals surface area contributed by atoms with Gasteiger partial charge in [-0.25, -0.2) is 0 Å². The first-order valence-electron chi connectivity index (χ1n) is 8.42. The van der Waals surface area contributed by atoms with Crippen LogP contribution in [0.15, 0.2) is 0 Å². The zero-order chi connectivity index (χ0) is 14.4. The SMILES string of the molecule is CC(C)CNCC1CCCCN1C1CCCCNC1=O. The van der Waals surface area contributed by atoms with Crippen LogP contribution in [0.3, 0.4) is 0 Å². The van der Waals surface area contributed by atoms with E-state index in [1.54, 1.807) is 0 Å². The number of carbonyl (C=O) groups excluding carboxylic acids is 1. The maximum Gasteiger partial charge on any atom is 0.237 e. The molecule has 2 aliphatic rings. The van der Waals surface area contributed by atoms with E-state index in [4.69, 9.17) is 0 Å². The van der Waals surface area contributed by atoms with Gasteiger partial charge in [-0.2, -0.15) is 0 Å². The molecule has 4 heteroatoms. The van der Waals surface area contributed by atoms with Crippen LogP contribution in [0.1, 0.15) is 52.4 Å². The molecule has 0 bridgehead atoms. The van der Waals surface area contributed by atoms with Gasteiger partial charge in [0.25, 0.3) is 0 Å². The molecule has 1 amide bonds. The highest BCUT2D eigenvalue weighted by atomic mass is 16.2. The van der Waals surface area contributed by atoms with Crippen molar-refractivity contribution in [2.24, 2.45) is 5.92 Å². The number of nitrogens with one attached hydrogen (secondary N) is 2. The predicted molar refractivity (Wildman–Crippen MR) is 82.7 cm³/mol. The molecule has 2 saturated heterocycles. The molecule has 20 heavy (non-hydrogen) atoms. The lowest BCUT2D eigenvalue weighted by molar-refractivity contribution is -0.127. The summed E-state index contributed by atoms with van der Waals surface area (Å²) in [5, 5.41) is 6.67. The zero-order valence-electron chi connectivity index (χ0n) is 13.2. The second-order valence-corrected chi connectivity index (χ2v) is 6.74. The first-order chi connectivity index (χ1) is 9.68. The topological polar surface area (TPSA) is 44.4 Å². The lowest BCUT2D eigenvalue weighted by Crippen LogP contribution is -2.55. The highest BCUT2D eigenvalue weighted by Crippen LogP contribution is 2.23. The highest BCUT2D eigenvalue weighted by Gasteiger charge is 2.33. The molecular weight excluding hydrogens is 250 g/mol. The summed E-state index contributed by atoms with van der Waals surface area (Å²) in [5.41, 5.74) is 0. The van der Waals surface area contributed by atoms with Crippen LogP contribution in [-0.4, -0.2) is 49.1 Å². The van der Waals surface area contributed by atoms with Crippen molar-refractivity contribution in [2.75, 3.05) is 26.2 Å². The van der Waals surface area contributed by atoms with Gasteiger partial charge in [0.15, 0.2) is 0 Å². The minimum atomic E-state index is 0.114. The van der Waals surface area contributed by atoms with Crippen LogP contribution in [-0.2, 0) is 4.79 Å². The fourth-order valence-electron chi connectivity index (χ4n) is 3.43. The molecule has 0 saturated carbocycles. The fourth-order valence-corrected chi connectivity index (χ4v) is 3.43.